The van der Waals surface area contributed by atoms with Crippen molar-refractivity contribution in [1.29, 1.82) is 0 Å². The van der Waals surface area contributed by atoms with E-state index in [1.54, 1.807) is 12.1 Å². The number of anilines is 1. The van der Waals surface area contributed by atoms with Crippen molar-refractivity contribution in [3.8, 4) is 0 Å². The standard InChI is InChI=1S/C13H14FN3/c1-8-9(2)16-12(17-13(8)15)7-10-3-5-11(14)6-4-10/h3-6H,7H2,1-2H3,(H2,15,16,17). The lowest BCUT2D eigenvalue weighted by atomic mass is 10.1. The molecule has 0 aliphatic carbocycles. The topological polar surface area (TPSA) is 51.8 Å². The number of nitrogens with two attached hydrogens (primary N) is 1. The van der Waals surface area contributed by atoms with Crippen LogP contribution in [0.4, 0.5) is 10.2 Å². The van der Waals surface area contributed by atoms with Gasteiger partial charge in [-0.1, -0.05) is 12.1 Å². The molecular weight excluding hydrogens is 217 g/mol. The van der Waals surface area contributed by atoms with Crippen LogP contribution in [-0.4, -0.2) is 9.97 Å². The van der Waals surface area contributed by atoms with Crippen LogP contribution in [-0.2, 0) is 6.42 Å². The average Bonchev–Trinajstić information content (AvgIpc) is 2.29. The molecule has 88 valence electrons. The van der Waals surface area contributed by atoms with E-state index in [9.17, 15) is 4.39 Å². The third-order valence-electron chi connectivity index (χ3n) is 2.75. The zero-order chi connectivity index (χ0) is 12.4. The van der Waals surface area contributed by atoms with Crippen molar-refractivity contribution >= 4 is 5.82 Å². The number of halogens is 1. The van der Waals surface area contributed by atoms with Gasteiger partial charge < -0.3 is 5.73 Å². The molecular formula is C13H14FN3. The second-order valence-electron chi connectivity index (χ2n) is 4.04. The first kappa shape index (κ1) is 11.5. The minimum Gasteiger partial charge on any atom is -0.383 e. The number of nitrogens with zero attached hydrogens (tertiary/aromatic N) is 2. The Hall–Kier alpha value is -1.97. The van der Waals surface area contributed by atoms with Gasteiger partial charge in [-0.05, 0) is 31.5 Å². The van der Waals surface area contributed by atoms with Gasteiger partial charge in [-0.15, -0.1) is 0 Å². The molecule has 3 nitrogen and oxygen atoms in total. The maximum atomic E-state index is 12.8. The van der Waals surface area contributed by atoms with Crippen LogP contribution in [0.5, 0.6) is 0 Å². The quantitative estimate of drug-likeness (QED) is 0.863. The average molecular weight is 231 g/mol. The molecule has 0 fully saturated rings. The van der Waals surface area contributed by atoms with Gasteiger partial charge in [0, 0.05) is 17.7 Å². The molecule has 2 aromatic rings. The van der Waals surface area contributed by atoms with Crippen LogP contribution < -0.4 is 5.73 Å². The fourth-order valence-corrected chi connectivity index (χ4v) is 1.57. The first-order valence-electron chi connectivity index (χ1n) is 5.40. The third-order valence-corrected chi connectivity index (χ3v) is 2.75. The maximum Gasteiger partial charge on any atom is 0.135 e. The van der Waals surface area contributed by atoms with Crippen LogP contribution in [0.2, 0.25) is 0 Å². The third kappa shape index (κ3) is 2.58. The second kappa shape index (κ2) is 4.49. The van der Waals surface area contributed by atoms with E-state index < -0.39 is 0 Å². The van der Waals surface area contributed by atoms with E-state index in [0.717, 1.165) is 16.8 Å². The molecule has 2 rings (SSSR count). The summed E-state index contributed by atoms with van der Waals surface area (Å²) >= 11 is 0. The van der Waals surface area contributed by atoms with Crippen LogP contribution in [0.15, 0.2) is 24.3 Å². The van der Waals surface area contributed by atoms with Gasteiger partial charge >= 0.3 is 0 Å². The lowest BCUT2D eigenvalue weighted by Crippen LogP contribution is -2.05. The predicted octanol–water partition coefficient (Wildman–Crippen LogP) is 2.41. The fourth-order valence-electron chi connectivity index (χ4n) is 1.57. The molecule has 0 unspecified atom stereocenters. The summed E-state index contributed by atoms with van der Waals surface area (Å²) in [7, 11) is 0. The predicted molar refractivity (Wildman–Crippen MR) is 65.1 cm³/mol. The summed E-state index contributed by atoms with van der Waals surface area (Å²) in [5.74, 6) is 0.932. The van der Waals surface area contributed by atoms with E-state index in [-0.39, 0.29) is 5.82 Å². The number of benzene rings is 1. The van der Waals surface area contributed by atoms with Crippen molar-refractivity contribution in [2.24, 2.45) is 0 Å². The summed E-state index contributed by atoms with van der Waals surface area (Å²) < 4.78 is 12.8. The molecule has 17 heavy (non-hydrogen) atoms. The largest absolute Gasteiger partial charge is 0.383 e. The second-order valence-corrected chi connectivity index (χ2v) is 4.04. The first-order valence-corrected chi connectivity index (χ1v) is 5.40. The van der Waals surface area contributed by atoms with Gasteiger partial charge in [0.25, 0.3) is 0 Å². The summed E-state index contributed by atoms with van der Waals surface area (Å²) in [6.45, 7) is 3.80. The van der Waals surface area contributed by atoms with Crippen molar-refractivity contribution in [3.63, 3.8) is 0 Å². The van der Waals surface area contributed by atoms with E-state index in [4.69, 9.17) is 5.73 Å². The molecule has 0 saturated carbocycles. The molecule has 1 aromatic heterocycles. The van der Waals surface area contributed by atoms with Gasteiger partial charge in [0.1, 0.15) is 17.5 Å². The van der Waals surface area contributed by atoms with E-state index >= 15 is 0 Å². The van der Waals surface area contributed by atoms with E-state index in [2.05, 4.69) is 9.97 Å². The fraction of sp³-hybridized carbons (Fsp3) is 0.231. The van der Waals surface area contributed by atoms with E-state index in [1.807, 2.05) is 13.8 Å². The zero-order valence-electron chi connectivity index (χ0n) is 9.87. The Bertz CT molecular complexity index is 512. The zero-order valence-corrected chi connectivity index (χ0v) is 9.87. The Morgan fingerprint density at radius 2 is 1.76 bits per heavy atom. The van der Waals surface area contributed by atoms with Gasteiger partial charge in [0.2, 0.25) is 0 Å². The smallest absolute Gasteiger partial charge is 0.135 e. The summed E-state index contributed by atoms with van der Waals surface area (Å²) in [4.78, 5) is 8.59. The summed E-state index contributed by atoms with van der Waals surface area (Å²) in [6.07, 6.45) is 0.561. The van der Waals surface area contributed by atoms with E-state index in [0.29, 0.717) is 18.1 Å². The lowest BCUT2D eigenvalue weighted by Gasteiger charge is -2.06. The highest BCUT2D eigenvalue weighted by Gasteiger charge is 2.06. The van der Waals surface area contributed by atoms with E-state index in [1.165, 1.54) is 12.1 Å². The molecule has 1 heterocycles. The lowest BCUT2D eigenvalue weighted by molar-refractivity contribution is 0.627. The van der Waals surface area contributed by atoms with Gasteiger partial charge in [-0.25, -0.2) is 14.4 Å². The Labute approximate surface area is 99.5 Å². The van der Waals surface area contributed by atoms with Gasteiger partial charge in [0.05, 0.1) is 0 Å². The van der Waals surface area contributed by atoms with Crippen LogP contribution in [0.3, 0.4) is 0 Å². The molecule has 0 saturated heterocycles. The molecule has 0 aliphatic rings. The highest BCUT2D eigenvalue weighted by Crippen LogP contribution is 2.13. The Morgan fingerprint density at radius 1 is 1.12 bits per heavy atom. The molecule has 4 heteroatoms. The van der Waals surface area contributed by atoms with Crippen LogP contribution in [0, 0.1) is 19.7 Å². The van der Waals surface area contributed by atoms with Gasteiger partial charge in [-0.2, -0.15) is 0 Å². The van der Waals surface area contributed by atoms with Crippen molar-refractivity contribution in [2.45, 2.75) is 20.3 Å². The maximum absolute atomic E-state index is 12.8. The van der Waals surface area contributed by atoms with Gasteiger partial charge in [-0.3, -0.25) is 0 Å². The minimum atomic E-state index is -0.241. The summed E-state index contributed by atoms with van der Waals surface area (Å²) in [6, 6.07) is 6.31. The van der Waals surface area contributed by atoms with Crippen LogP contribution >= 0.6 is 0 Å². The number of aryl methyl sites for hydroxylation is 1. The first-order chi connectivity index (χ1) is 8.06. The van der Waals surface area contributed by atoms with Crippen molar-refractivity contribution < 1.29 is 4.39 Å². The monoisotopic (exact) mass is 231 g/mol. The highest BCUT2D eigenvalue weighted by molar-refractivity contribution is 5.41. The minimum absolute atomic E-state index is 0.241. The van der Waals surface area contributed by atoms with Crippen LogP contribution in [0.1, 0.15) is 22.6 Å². The molecule has 0 atom stereocenters. The normalized spacial score (nSPS) is 10.5. The molecule has 0 bridgehead atoms. The number of hydrogen-bond acceptors (Lipinski definition) is 3. The molecule has 1 aromatic carbocycles. The van der Waals surface area contributed by atoms with Crippen molar-refractivity contribution in [2.75, 3.05) is 5.73 Å². The van der Waals surface area contributed by atoms with Crippen molar-refractivity contribution in [1.82, 2.24) is 9.97 Å². The number of rotatable bonds is 2. The van der Waals surface area contributed by atoms with Gasteiger partial charge in [0.15, 0.2) is 0 Å². The SMILES string of the molecule is Cc1nc(Cc2ccc(F)cc2)nc(N)c1C. The number of nitrogen functional groups attached to an aromatic ring is 1. The molecule has 2 N–H and O–H groups in total. The molecule has 0 amide bonds. The summed E-state index contributed by atoms with van der Waals surface area (Å²) in [5, 5.41) is 0. The molecule has 0 radical (unpaired) electrons. The Balaban J connectivity index is 2.27. The molecule has 0 spiro atoms. The van der Waals surface area contributed by atoms with Crippen LogP contribution in [0.25, 0.3) is 0 Å². The Morgan fingerprint density at radius 3 is 2.35 bits per heavy atom. The molecule has 0 aliphatic heterocycles. The number of aromatic nitrogens is 2. The highest BCUT2D eigenvalue weighted by atomic mass is 19.1. The van der Waals surface area contributed by atoms with Crippen molar-refractivity contribution in [3.05, 3.63) is 52.7 Å². The summed E-state index contributed by atoms with van der Waals surface area (Å²) in [5.41, 5.74) is 8.55. The number of hydrogen-bond donors (Lipinski definition) is 1. The Kier molecular flexibility index (Phi) is 3.04.